The molecular formula is C78H152O17P2. The summed E-state index contributed by atoms with van der Waals surface area (Å²) < 4.78 is 68.6. The Labute approximate surface area is 594 Å². The normalized spacial score (nSPS) is 14.3. The van der Waals surface area contributed by atoms with Crippen molar-refractivity contribution in [3.05, 3.63) is 0 Å². The lowest BCUT2D eigenvalue weighted by molar-refractivity contribution is -0.161. The fourth-order valence-electron chi connectivity index (χ4n) is 11.9. The zero-order valence-electron chi connectivity index (χ0n) is 63.5. The van der Waals surface area contributed by atoms with Crippen LogP contribution in [0.15, 0.2) is 0 Å². The largest absolute Gasteiger partial charge is 0.472 e. The van der Waals surface area contributed by atoms with Crippen LogP contribution in [0.25, 0.3) is 0 Å². The molecule has 17 nitrogen and oxygen atoms in total. The highest BCUT2D eigenvalue weighted by Crippen LogP contribution is 2.45. The Hall–Kier alpha value is -1.94. The number of aliphatic hydroxyl groups is 1. The molecule has 3 N–H and O–H groups in total. The maximum atomic E-state index is 13.1. The van der Waals surface area contributed by atoms with Gasteiger partial charge in [0.25, 0.3) is 0 Å². The molecule has 0 rings (SSSR count). The van der Waals surface area contributed by atoms with E-state index in [1.807, 2.05) is 0 Å². The first-order valence-electron chi connectivity index (χ1n) is 40.4. The van der Waals surface area contributed by atoms with Gasteiger partial charge in [-0.15, -0.1) is 0 Å². The van der Waals surface area contributed by atoms with Gasteiger partial charge in [0.05, 0.1) is 26.4 Å². The molecule has 0 radical (unpaired) electrons. The first kappa shape index (κ1) is 95.1. The lowest BCUT2D eigenvalue weighted by Crippen LogP contribution is -2.30. The molecule has 0 aromatic heterocycles. The number of carbonyl (C=O) groups excluding carboxylic acids is 4. The van der Waals surface area contributed by atoms with Gasteiger partial charge in [0.15, 0.2) is 12.2 Å². The van der Waals surface area contributed by atoms with Crippen LogP contribution in [-0.4, -0.2) is 96.7 Å². The van der Waals surface area contributed by atoms with E-state index in [2.05, 4.69) is 48.5 Å². The Bertz CT molecular complexity index is 1890. The number of hydrogen-bond acceptors (Lipinski definition) is 15. The highest BCUT2D eigenvalue weighted by Gasteiger charge is 2.30. The summed E-state index contributed by atoms with van der Waals surface area (Å²) in [6, 6.07) is 0. The van der Waals surface area contributed by atoms with Gasteiger partial charge in [-0.2, -0.15) is 0 Å². The average Bonchev–Trinajstić information content (AvgIpc) is 1.29. The molecule has 0 spiro atoms. The van der Waals surface area contributed by atoms with E-state index >= 15 is 0 Å². The van der Waals surface area contributed by atoms with Gasteiger partial charge in [0.1, 0.15) is 19.3 Å². The second-order valence-corrected chi connectivity index (χ2v) is 32.2. The third-order valence-electron chi connectivity index (χ3n) is 18.5. The molecule has 0 aromatic carbocycles. The van der Waals surface area contributed by atoms with E-state index in [-0.39, 0.29) is 25.7 Å². The fraction of sp³-hybridized carbons (Fsp3) is 0.949. The summed E-state index contributed by atoms with van der Waals surface area (Å²) in [5, 5.41) is 10.6. The monoisotopic (exact) mass is 1420 g/mol. The summed E-state index contributed by atoms with van der Waals surface area (Å²) in [6.07, 6.45) is 55.7. The van der Waals surface area contributed by atoms with Crippen LogP contribution in [-0.2, 0) is 65.4 Å². The number of phosphoric ester groups is 2. The van der Waals surface area contributed by atoms with Crippen molar-refractivity contribution in [2.24, 2.45) is 17.8 Å². The molecule has 0 fully saturated rings. The number of phosphoric acid groups is 2. The van der Waals surface area contributed by atoms with Gasteiger partial charge in [-0.3, -0.25) is 37.3 Å². The smallest absolute Gasteiger partial charge is 0.462 e. The molecule has 19 heteroatoms. The topological polar surface area (TPSA) is 237 Å². The van der Waals surface area contributed by atoms with Crippen molar-refractivity contribution in [2.45, 2.75) is 420 Å². The van der Waals surface area contributed by atoms with Crippen molar-refractivity contribution in [1.82, 2.24) is 0 Å². The highest BCUT2D eigenvalue weighted by atomic mass is 31.2. The Morgan fingerprint density at radius 1 is 0.299 bits per heavy atom. The number of unbranched alkanes of at least 4 members (excludes halogenated alkanes) is 43. The molecular weight excluding hydrogens is 1270 g/mol. The minimum Gasteiger partial charge on any atom is -0.462 e. The van der Waals surface area contributed by atoms with Gasteiger partial charge in [-0.05, 0) is 43.4 Å². The summed E-state index contributed by atoms with van der Waals surface area (Å²) >= 11 is 0. The van der Waals surface area contributed by atoms with Gasteiger partial charge in [0.2, 0.25) is 0 Å². The van der Waals surface area contributed by atoms with Crippen molar-refractivity contribution < 1.29 is 80.2 Å². The first-order valence-corrected chi connectivity index (χ1v) is 43.4. The van der Waals surface area contributed by atoms with Crippen LogP contribution in [0, 0.1) is 17.8 Å². The summed E-state index contributed by atoms with van der Waals surface area (Å²) in [4.78, 5) is 72.9. The molecule has 0 saturated carbocycles. The van der Waals surface area contributed by atoms with E-state index in [9.17, 15) is 43.2 Å². The summed E-state index contributed by atoms with van der Waals surface area (Å²) in [7, 11) is -9.91. The molecule has 0 bridgehead atoms. The highest BCUT2D eigenvalue weighted by molar-refractivity contribution is 7.47. The average molecular weight is 1420 g/mol. The molecule has 0 aliphatic heterocycles. The maximum Gasteiger partial charge on any atom is 0.472 e. The maximum absolute atomic E-state index is 13.1. The van der Waals surface area contributed by atoms with Crippen LogP contribution in [0.2, 0.25) is 0 Å². The van der Waals surface area contributed by atoms with Crippen LogP contribution < -0.4 is 0 Å². The Balaban J connectivity index is 5.23. The van der Waals surface area contributed by atoms with Crippen molar-refractivity contribution in [2.75, 3.05) is 39.6 Å². The van der Waals surface area contributed by atoms with Crippen LogP contribution >= 0.6 is 15.6 Å². The second-order valence-electron chi connectivity index (χ2n) is 29.3. The standard InChI is InChI=1S/C78H152O17P2/c1-8-10-11-12-13-14-15-16-17-18-19-22-25-28-31-37-45-52-59-75(80)88-65-73(94-77(82)61-54-47-38-32-29-26-23-20-21-24-27-30-35-42-49-56-69(3)4)67-92-96(84,85)90-63-72(79)64-91-97(86,87)93-68-74(66-89-76(81)60-53-46-41-40-44-51-58-71(7)9-2)95-78(83)62-55-48-39-34-33-36-43-50-57-70(5)6/h69-74,79H,8-68H2,1-7H3,(H,84,85)(H,86,87)/t71?,72-,73-,74-/m1/s1. The van der Waals surface area contributed by atoms with Crippen LogP contribution in [0.3, 0.4) is 0 Å². The number of ether oxygens (including phenoxy) is 4. The Morgan fingerprint density at radius 3 is 0.784 bits per heavy atom. The number of rotatable bonds is 76. The van der Waals surface area contributed by atoms with Gasteiger partial charge in [-0.1, -0.05) is 350 Å². The lowest BCUT2D eigenvalue weighted by atomic mass is 10.00. The minimum atomic E-state index is -4.96. The third kappa shape index (κ3) is 70.9. The zero-order chi connectivity index (χ0) is 71.6. The molecule has 0 amide bonds. The summed E-state index contributed by atoms with van der Waals surface area (Å²) in [6.45, 7) is 11.9. The number of hydrogen-bond donors (Lipinski definition) is 3. The van der Waals surface area contributed by atoms with Gasteiger partial charge < -0.3 is 33.8 Å². The molecule has 0 saturated heterocycles. The van der Waals surface area contributed by atoms with Crippen LogP contribution in [0.5, 0.6) is 0 Å². The quantitative estimate of drug-likeness (QED) is 0.0222. The molecule has 97 heavy (non-hydrogen) atoms. The van der Waals surface area contributed by atoms with Crippen molar-refractivity contribution in [3.8, 4) is 0 Å². The van der Waals surface area contributed by atoms with E-state index in [1.165, 1.54) is 205 Å². The Morgan fingerprint density at radius 2 is 0.526 bits per heavy atom. The SMILES string of the molecule is CCCCCCCCCCCCCCCCCCCCC(=O)OC[C@H](COP(=O)(O)OC[C@@H](O)COP(=O)(O)OC[C@@H](COC(=O)CCCCCCCCC(C)CC)OC(=O)CCCCCCCCCCC(C)C)OC(=O)CCCCCCCCCCCCCCCCCC(C)C. The van der Waals surface area contributed by atoms with E-state index in [0.717, 1.165) is 114 Å². The molecule has 6 atom stereocenters. The summed E-state index contributed by atoms with van der Waals surface area (Å²) in [5.74, 6) is 0.133. The van der Waals surface area contributed by atoms with Gasteiger partial charge in [-0.25, -0.2) is 9.13 Å². The van der Waals surface area contributed by atoms with E-state index in [4.69, 9.17) is 37.0 Å². The van der Waals surface area contributed by atoms with Crippen LogP contribution in [0.1, 0.15) is 402 Å². The minimum absolute atomic E-state index is 0.104. The molecule has 3 unspecified atom stereocenters. The predicted octanol–water partition coefficient (Wildman–Crippen LogP) is 23.0. The fourth-order valence-corrected chi connectivity index (χ4v) is 13.5. The van der Waals surface area contributed by atoms with Crippen molar-refractivity contribution >= 4 is 39.5 Å². The van der Waals surface area contributed by atoms with Crippen molar-refractivity contribution in [1.29, 1.82) is 0 Å². The van der Waals surface area contributed by atoms with Gasteiger partial charge in [0, 0.05) is 25.7 Å². The van der Waals surface area contributed by atoms with E-state index in [0.29, 0.717) is 25.7 Å². The molecule has 0 aliphatic carbocycles. The molecule has 0 aliphatic rings. The van der Waals surface area contributed by atoms with Crippen LogP contribution in [0.4, 0.5) is 0 Å². The molecule has 0 aromatic rings. The number of carbonyl (C=O) groups is 4. The summed E-state index contributed by atoms with van der Waals surface area (Å²) in [5.41, 5.74) is 0. The second kappa shape index (κ2) is 68.5. The first-order chi connectivity index (χ1) is 46.8. The number of aliphatic hydroxyl groups excluding tert-OH is 1. The third-order valence-corrected chi connectivity index (χ3v) is 20.4. The molecule has 576 valence electrons. The lowest BCUT2D eigenvalue weighted by Gasteiger charge is -2.21. The molecule has 0 heterocycles. The number of esters is 4. The zero-order valence-corrected chi connectivity index (χ0v) is 65.3. The van der Waals surface area contributed by atoms with E-state index < -0.39 is 97.5 Å². The Kier molecular flexibility index (Phi) is 67.1. The predicted molar refractivity (Wildman–Crippen MR) is 395 cm³/mol. The van der Waals surface area contributed by atoms with Crippen molar-refractivity contribution in [3.63, 3.8) is 0 Å². The van der Waals surface area contributed by atoms with E-state index in [1.54, 1.807) is 0 Å². The van der Waals surface area contributed by atoms with Gasteiger partial charge >= 0.3 is 39.5 Å².